The van der Waals surface area contributed by atoms with E-state index in [1.807, 2.05) is 18.2 Å². The molecule has 0 bridgehead atoms. The Hall–Kier alpha value is -0.320. The summed E-state index contributed by atoms with van der Waals surface area (Å²) in [5.74, 6) is 0. The average Bonchev–Trinajstić information content (AvgIpc) is 2.87. The lowest BCUT2D eigenvalue weighted by Gasteiger charge is -2.21. The molecular weight excluding hydrogens is 285 g/mol. The third-order valence-electron chi connectivity index (χ3n) is 3.13. The summed E-state index contributed by atoms with van der Waals surface area (Å²) in [7, 11) is 0. The van der Waals surface area contributed by atoms with Crippen molar-refractivity contribution < 1.29 is 9.47 Å². The van der Waals surface area contributed by atoms with Gasteiger partial charge >= 0.3 is 0 Å². The van der Waals surface area contributed by atoms with Crippen molar-refractivity contribution in [1.82, 2.24) is 5.32 Å². The zero-order valence-electron chi connectivity index (χ0n) is 11.0. The van der Waals surface area contributed by atoms with E-state index in [0.717, 1.165) is 19.4 Å². The highest BCUT2D eigenvalue weighted by atomic mass is 35.5. The zero-order chi connectivity index (χ0) is 13.7. The second kappa shape index (κ2) is 7.46. The average molecular weight is 304 g/mol. The van der Waals surface area contributed by atoms with E-state index in [-0.39, 0.29) is 6.29 Å². The van der Waals surface area contributed by atoms with Crippen LogP contribution in [0.5, 0.6) is 0 Å². The number of likely N-dealkylation sites (N-methyl/N-ethyl adjacent to an activating group) is 1. The topological polar surface area (TPSA) is 30.5 Å². The van der Waals surface area contributed by atoms with Gasteiger partial charge in [0.05, 0.1) is 23.3 Å². The van der Waals surface area contributed by atoms with Crippen LogP contribution in [-0.2, 0) is 15.9 Å². The van der Waals surface area contributed by atoms with Crippen molar-refractivity contribution in [3.05, 3.63) is 33.8 Å². The summed E-state index contributed by atoms with van der Waals surface area (Å²) in [5, 5.41) is 4.65. The van der Waals surface area contributed by atoms with Crippen molar-refractivity contribution in [3.8, 4) is 0 Å². The zero-order valence-corrected chi connectivity index (χ0v) is 12.5. The molecule has 1 saturated heterocycles. The lowest BCUT2D eigenvalue weighted by atomic mass is 10.0. The number of hydrogen-bond donors (Lipinski definition) is 1. The van der Waals surface area contributed by atoms with Crippen LogP contribution < -0.4 is 5.32 Å². The molecule has 1 unspecified atom stereocenters. The van der Waals surface area contributed by atoms with Crippen LogP contribution in [0.1, 0.15) is 18.9 Å². The minimum absolute atomic E-state index is 0.0909. The molecule has 1 N–H and O–H groups in total. The number of rotatable bonds is 6. The highest BCUT2D eigenvalue weighted by molar-refractivity contribution is 6.42. The fourth-order valence-corrected chi connectivity index (χ4v) is 2.57. The second-order valence-electron chi connectivity index (χ2n) is 4.61. The highest BCUT2D eigenvalue weighted by Gasteiger charge is 2.21. The van der Waals surface area contributed by atoms with Gasteiger partial charge in [0, 0.05) is 12.5 Å². The Bertz CT molecular complexity index is 408. The van der Waals surface area contributed by atoms with Gasteiger partial charge in [0.15, 0.2) is 6.29 Å². The van der Waals surface area contributed by atoms with Crippen LogP contribution in [0, 0.1) is 0 Å². The Labute approximate surface area is 124 Å². The Balaban J connectivity index is 1.96. The molecule has 19 heavy (non-hydrogen) atoms. The summed E-state index contributed by atoms with van der Waals surface area (Å²) in [6.07, 6.45) is 1.63. The molecule has 0 amide bonds. The molecule has 5 heteroatoms. The smallest absolute Gasteiger partial charge is 0.159 e. The van der Waals surface area contributed by atoms with Gasteiger partial charge in [-0.2, -0.15) is 0 Å². The Morgan fingerprint density at radius 1 is 1.26 bits per heavy atom. The van der Waals surface area contributed by atoms with E-state index in [9.17, 15) is 0 Å². The molecule has 1 heterocycles. The Morgan fingerprint density at radius 2 is 2.00 bits per heavy atom. The van der Waals surface area contributed by atoms with Crippen LogP contribution in [0.3, 0.4) is 0 Å². The van der Waals surface area contributed by atoms with Crippen LogP contribution in [0.25, 0.3) is 0 Å². The van der Waals surface area contributed by atoms with Crippen molar-refractivity contribution in [2.75, 3.05) is 19.8 Å². The normalized spacial score (nSPS) is 17.8. The summed E-state index contributed by atoms with van der Waals surface area (Å²) in [4.78, 5) is 0. The number of halogens is 2. The number of benzene rings is 1. The number of hydrogen-bond acceptors (Lipinski definition) is 3. The van der Waals surface area contributed by atoms with Gasteiger partial charge in [0.2, 0.25) is 0 Å². The van der Waals surface area contributed by atoms with E-state index >= 15 is 0 Å². The molecule has 0 saturated carbocycles. The molecule has 3 nitrogen and oxygen atoms in total. The van der Waals surface area contributed by atoms with Crippen LogP contribution >= 0.6 is 23.2 Å². The largest absolute Gasteiger partial charge is 0.350 e. The molecular formula is C14H19Cl2NO2. The summed E-state index contributed by atoms with van der Waals surface area (Å²) in [6, 6.07) is 6.08. The predicted molar refractivity (Wildman–Crippen MR) is 77.9 cm³/mol. The Kier molecular flexibility index (Phi) is 5.92. The first-order chi connectivity index (χ1) is 9.19. The van der Waals surface area contributed by atoms with Crippen LogP contribution in [0.15, 0.2) is 18.2 Å². The Morgan fingerprint density at radius 3 is 2.63 bits per heavy atom. The monoisotopic (exact) mass is 303 g/mol. The molecule has 0 spiro atoms. The van der Waals surface area contributed by atoms with E-state index in [4.69, 9.17) is 32.7 Å². The molecule has 1 aromatic carbocycles. The summed E-state index contributed by atoms with van der Waals surface area (Å²) < 4.78 is 11.0. The van der Waals surface area contributed by atoms with E-state index in [2.05, 4.69) is 12.2 Å². The molecule has 2 rings (SSSR count). The van der Waals surface area contributed by atoms with E-state index < -0.39 is 0 Å². The van der Waals surface area contributed by atoms with Gasteiger partial charge in [-0.1, -0.05) is 36.2 Å². The molecule has 1 aliphatic heterocycles. The third-order valence-corrected chi connectivity index (χ3v) is 3.87. The van der Waals surface area contributed by atoms with Gasteiger partial charge < -0.3 is 14.8 Å². The maximum atomic E-state index is 6.04. The first kappa shape index (κ1) is 15.1. The SMILES string of the molecule is CCNC(Cc1ccc(Cl)c(Cl)c1)CC1OCCO1. The number of ether oxygens (including phenoxy) is 2. The van der Waals surface area contributed by atoms with Crippen molar-refractivity contribution >= 4 is 23.2 Å². The van der Waals surface area contributed by atoms with E-state index in [0.29, 0.717) is 29.3 Å². The lowest BCUT2D eigenvalue weighted by molar-refractivity contribution is -0.0525. The van der Waals surface area contributed by atoms with Crippen molar-refractivity contribution in [1.29, 1.82) is 0 Å². The molecule has 0 radical (unpaired) electrons. The molecule has 0 aliphatic carbocycles. The van der Waals surface area contributed by atoms with Gasteiger partial charge in [-0.05, 0) is 30.7 Å². The van der Waals surface area contributed by atoms with Crippen LogP contribution in [0.4, 0.5) is 0 Å². The van der Waals surface area contributed by atoms with Crippen molar-refractivity contribution in [3.63, 3.8) is 0 Å². The van der Waals surface area contributed by atoms with Gasteiger partial charge in [0.25, 0.3) is 0 Å². The van der Waals surface area contributed by atoms with E-state index in [1.54, 1.807) is 0 Å². The number of nitrogens with one attached hydrogen (secondary N) is 1. The van der Waals surface area contributed by atoms with Crippen molar-refractivity contribution in [2.24, 2.45) is 0 Å². The maximum absolute atomic E-state index is 6.04. The standard InChI is InChI=1S/C14H19Cl2NO2/c1-2-17-11(9-14-18-5-6-19-14)7-10-3-4-12(15)13(16)8-10/h3-4,8,11,14,17H,2,5-7,9H2,1H3. The molecule has 1 aliphatic rings. The third kappa shape index (κ3) is 4.62. The van der Waals surface area contributed by atoms with Gasteiger partial charge in [-0.25, -0.2) is 0 Å². The minimum atomic E-state index is -0.0909. The van der Waals surface area contributed by atoms with E-state index in [1.165, 1.54) is 5.56 Å². The quantitative estimate of drug-likeness (QED) is 0.875. The first-order valence-electron chi connectivity index (χ1n) is 6.59. The van der Waals surface area contributed by atoms with Crippen LogP contribution in [0.2, 0.25) is 10.0 Å². The fraction of sp³-hybridized carbons (Fsp3) is 0.571. The molecule has 1 atom stereocenters. The highest BCUT2D eigenvalue weighted by Crippen LogP contribution is 2.24. The summed E-state index contributed by atoms with van der Waals surface area (Å²) in [5.41, 5.74) is 1.17. The van der Waals surface area contributed by atoms with Crippen molar-refractivity contribution in [2.45, 2.75) is 32.1 Å². The lowest BCUT2D eigenvalue weighted by Crippen LogP contribution is -2.34. The van der Waals surface area contributed by atoms with Gasteiger partial charge in [0.1, 0.15) is 0 Å². The fourth-order valence-electron chi connectivity index (χ4n) is 2.25. The molecule has 0 aromatic heterocycles. The minimum Gasteiger partial charge on any atom is -0.350 e. The molecule has 106 valence electrons. The maximum Gasteiger partial charge on any atom is 0.159 e. The first-order valence-corrected chi connectivity index (χ1v) is 7.35. The predicted octanol–water partition coefficient (Wildman–Crippen LogP) is 3.28. The van der Waals surface area contributed by atoms with Gasteiger partial charge in [-0.15, -0.1) is 0 Å². The molecule has 1 fully saturated rings. The second-order valence-corrected chi connectivity index (χ2v) is 5.43. The van der Waals surface area contributed by atoms with Gasteiger partial charge in [-0.3, -0.25) is 0 Å². The summed E-state index contributed by atoms with van der Waals surface area (Å²) >= 11 is 12.0. The van der Waals surface area contributed by atoms with Crippen LogP contribution in [-0.4, -0.2) is 32.1 Å². The molecule has 1 aromatic rings. The summed E-state index contributed by atoms with van der Waals surface area (Å²) in [6.45, 7) is 4.39.